The first-order valence-corrected chi connectivity index (χ1v) is 16.5. The number of imidazole rings is 3. The Labute approximate surface area is 304 Å². The summed E-state index contributed by atoms with van der Waals surface area (Å²) in [6.45, 7) is 1.45. The largest absolute Gasteiger partial charge is 0.493 e. The minimum atomic E-state index is -0.491. The van der Waals surface area contributed by atoms with Crippen molar-refractivity contribution < 1.29 is 9.90 Å². The van der Waals surface area contributed by atoms with Gasteiger partial charge in [0.25, 0.3) is 0 Å². The Morgan fingerprint density at radius 3 is 2.24 bits per heavy atom. The van der Waals surface area contributed by atoms with E-state index >= 15 is 0 Å². The molecule has 0 saturated heterocycles. The number of nitrogens with zero attached hydrogens (tertiary/aromatic N) is 11. The lowest BCUT2D eigenvalue weighted by atomic mass is 10.2. The Morgan fingerprint density at radius 1 is 0.796 bits per heavy atom. The highest BCUT2D eigenvalue weighted by Crippen LogP contribution is 2.19. The zero-order chi connectivity index (χ0) is 36.9. The molecule has 7 heterocycles. The highest BCUT2D eigenvalue weighted by atomic mass is 16.3. The van der Waals surface area contributed by atoms with E-state index in [1.165, 1.54) is 6.20 Å². The molecule has 0 aliphatic rings. The lowest BCUT2D eigenvalue weighted by molar-refractivity contribution is 0.112. The lowest BCUT2D eigenvalue weighted by Gasteiger charge is -2.09. The molecule has 17 heteroatoms. The minimum Gasteiger partial charge on any atom is -0.493 e. The molecule has 2 aromatic carbocycles. The highest BCUT2D eigenvalue weighted by molar-refractivity contribution is 5.84. The summed E-state index contributed by atoms with van der Waals surface area (Å²) in [5.41, 5.74) is 5.78. The molecule has 0 aliphatic heterocycles. The molecule has 7 aromatic heterocycles. The number of aromatic hydroxyl groups is 1. The van der Waals surface area contributed by atoms with Crippen LogP contribution in [0.3, 0.4) is 0 Å². The van der Waals surface area contributed by atoms with Crippen molar-refractivity contribution in [3.05, 3.63) is 166 Å². The van der Waals surface area contributed by atoms with E-state index < -0.39 is 5.69 Å². The van der Waals surface area contributed by atoms with Gasteiger partial charge in [-0.15, -0.1) is 0 Å². The van der Waals surface area contributed by atoms with Gasteiger partial charge < -0.3 is 24.5 Å². The maximum Gasteiger partial charge on any atom is 0.326 e. The number of hydrogen-bond donors (Lipinski definition) is 4. The SMILES string of the molecule is O=Cc1cnn2ccc(Nc3cccc(Cn4ccnc4)c3)nc12.O=c1[nH]c(O)c(C=c2cnn3ccc(=Nc4cccc(Cn5ccnc5)c4)nc23)[nH]1. The maximum absolute atomic E-state index is 11.3. The number of H-pyrrole nitrogens is 2. The van der Waals surface area contributed by atoms with E-state index in [0.29, 0.717) is 39.9 Å². The van der Waals surface area contributed by atoms with Gasteiger partial charge in [0.05, 0.1) is 36.3 Å². The average molecular weight is 719 g/mol. The molecule has 0 unspecified atom stereocenters. The average Bonchev–Trinajstić information content (AvgIpc) is 4.03. The molecule has 0 radical (unpaired) electrons. The van der Waals surface area contributed by atoms with Crippen LogP contribution in [0.1, 0.15) is 27.2 Å². The molecule has 9 aromatic rings. The molecule has 54 heavy (non-hydrogen) atoms. The normalized spacial score (nSPS) is 11.9. The Balaban J connectivity index is 0.000000157. The number of aromatic amines is 2. The van der Waals surface area contributed by atoms with Gasteiger partial charge in [0.1, 0.15) is 11.5 Å². The smallest absolute Gasteiger partial charge is 0.326 e. The first-order chi connectivity index (χ1) is 26.5. The Morgan fingerprint density at radius 2 is 1.52 bits per heavy atom. The molecule has 0 amide bonds. The van der Waals surface area contributed by atoms with Gasteiger partial charge in [0.2, 0.25) is 5.88 Å². The number of rotatable bonds is 9. The van der Waals surface area contributed by atoms with Crippen LogP contribution in [-0.2, 0) is 13.1 Å². The predicted molar refractivity (Wildman–Crippen MR) is 197 cm³/mol. The van der Waals surface area contributed by atoms with Crippen LogP contribution in [0.5, 0.6) is 5.88 Å². The molecular formula is C37H30N14O3. The number of carbonyl (C=O) groups excluding carboxylic acids is 1. The Kier molecular flexibility index (Phi) is 9.06. The quantitative estimate of drug-likeness (QED) is 0.161. The first kappa shape index (κ1) is 33.2. The van der Waals surface area contributed by atoms with Crippen LogP contribution < -0.4 is 21.7 Å². The molecule has 266 valence electrons. The number of aldehydes is 1. The van der Waals surface area contributed by atoms with Gasteiger partial charge in [0, 0.05) is 67.2 Å². The number of aromatic nitrogens is 12. The third-order valence-electron chi connectivity index (χ3n) is 8.14. The van der Waals surface area contributed by atoms with Crippen molar-refractivity contribution in [2.45, 2.75) is 13.1 Å². The van der Waals surface area contributed by atoms with Gasteiger partial charge in [0.15, 0.2) is 23.1 Å². The van der Waals surface area contributed by atoms with E-state index in [-0.39, 0.29) is 11.6 Å². The van der Waals surface area contributed by atoms with E-state index in [1.54, 1.807) is 64.8 Å². The number of hydrogen-bond acceptors (Lipinski definition) is 11. The summed E-state index contributed by atoms with van der Waals surface area (Å²) in [6, 6.07) is 19.6. The summed E-state index contributed by atoms with van der Waals surface area (Å²) < 4.78 is 7.16. The molecule has 0 spiro atoms. The van der Waals surface area contributed by atoms with Crippen molar-refractivity contribution in [1.29, 1.82) is 0 Å². The highest BCUT2D eigenvalue weighted by Gasteiger charge is 2.07. The van der Waals surface area contributed by atoms with Crippen LogP contribution >= 0.6 is 0 Å². The van der Waals surface area contributed by atoms with Gasteiger partial charge in [-0.05, 0) is 47.5 Å². The number of nitrogens with one attached hydrogen (secondary N) is 3. The molecule has 0 atom stereocenters. The molecule has 0 bridgehead atoms. The summed E-state index contributed by atoms with van der Waals surface area (Å²) in [7, 11) is 0. The fourth-order valence-electron chi connectivity index (χ4n) is 5.66. The van der Waals surface area contributed by atoms with Gasteiger partial charge in [-0.3, -0.25) is 9.78 Å². The molecular weight excluding hydrogens is 689 g/mol. The summed E-state index contributed by atoms with van der Waals surface area (Å²) in [6.07, 6.45) is 19.9. The van der Waals surface area contributed by atoms with Crippen LogP contribution in [0.15, 0.2) is 133 Å². The fraction of sp³-hybridized carbons (Fsp3) is 0.0541. The number of anilines is 2. The minimum absolute atomic E-state index is 0.241. The third kappa shape index (κ3) is 7.54. The molecule has 17 nitrogen and oxygen atoms in total. The number of benzene rings is 2. The summed E-state index contributed by atoms with van der Waals surface area (Å²) in [5, 5.41) is 22.0. The van der Waals surface area contributed by atoms with Crippen LogP contribution in [0.2, 0.25) is 0 Å². The van der Waals surface area contributed by atoms with E-state index in [1.807, 2.05) is 64.0 Å². The van der Waals surface area contributed by atoms with Crippen LogP contribution in [0.4, 0.5) is 17.2 Å². The summed E-state index contributed by atoms with van der Waals surface area (Å²) in [4.78, 5) is 48.9. The molecule has 0 fully saturated rings. The topological polar surface area (TPSA) is 206 Å². The zero-order valence-electron chi connectivity index (χ0n) is 28.3. The van der Waals surface area contributed by atoms with Crippen molar-refractivity contribution in [3.8, 4) is 5.88 Å². The third-order valence-corrected chi connectivity index (χ3v) is 8.14. The lowest BCUT2D eigenvalue weighted by Crippen LogP contribution is -2.13. The first-order valence-electron chi connectivity index (χ1n) is 16.5. The van der Waals surface area contributed by atoms with E-state index in [2.05, 4.69) is 62.5 Å². The van der Waals surface area contributed by atoms with Crippen molar-refractivity contribution in [2.24, 2.45) is 4.99 Å². The monoisotopic (exact) mass is 718 g/mol. The molecule has 0 aliphatic carbocycles. The van der Waals surface area contributed by atoms with Crippen molar-refractivity contribution in [2.75, 3.05) is 5.32 Å². The van der Waals surface area contributed by atoms with Crippen LogP contribution in [0.25, 0.3) is 17.4 Å². The second-order valence-corrected chi connectivity index (χ2v) is 12.0. The molecule has 0 saturated carbocycles. The van der Waals surface area contributed by atoms with E-state index in [0.717, 1.165) is 35.3 Å². The maximum atomic E-state index is 11.3. The standard InChI is InChI=1S/C20H16N8O2.C17H14N6O/c29-19-16(24-20(30)26-19)9-14-10-22-28-6-4-17(25-18(14)28)23-15-3-1-2-13(8-15)11-27-7-5-21-12-27;24-11-14-9-19-23-6-4-16(21-17(14)23)20-15-3-1-2-13(8-15)10-22-7-5-18-12-22/h1-10,12,29H,11H2,(H2,24,26,30);1-9,11-12H,10H2,(H,20,21). The van der Waals surface area contributed by atoms with Crippen molar-refractivity contribution >= 4 is 40.8 Å². The second-order valence-electron chi connectivity index (χ2n) is 12.0. The molecule has 4 N–H and O–H groups in total. The second kappa shape index (κ2) is 14.7. The van der Waals surface area contributed by atoms with E-state index in [9.17, 15) is 14.7 Å². The fourth-order valence-corrected chi connectivity index (χ4v) is 5.66. The summed E-state index contributed by atoms with van der Waals surface area (Å²) >= 11 is 0. The van der Waals surface area contributed by atoms with Crippen molar-refractivity contribution in [1.82, 2.24) is 58.3 Å². The predicted octanol–water partition coefficient (Wildman–Crippen LogP) is 3.01. The van der Waals surface area contributed by atoms with E-state index in [4.69, 9.17) is 0 Å². The van der Waals surface area contributed by atoms with Crippen LogP contribution in [-0.4, -0.2) is 69.7 Å². The Hall–Kier alpha value is -7.95. The van der Waals surface area contributed by atoms with Crippen LogP contribution in [0, 0.1) is 0 Å². The van der Waals surface area contributed by atoms with Gasteiger partial charge in [-0.1, -0.05) is 24.3 Å². The summed E-state index contributed by atoms with van der Waals surface area (Å²) in [5.74, 6) is 0.417. The van der Waals surface area contributed by atoms with Gasteiger partial charge in [-0.25, -0.2) is 38.8 Å². The van der Waals surface area contributed by atoms with Gasteiger partial charge in [-0.2, -0.15) is 10.2 Å². The van der Waals surface area contributed by atoms with Gasteiger partial charge >= 0.3 is 5.69 Å². The molecule has 9 rings (SSSR count). The zero-order valence-corrected chi connectivity index (χ0v) is 28.3. The number of fused-ring (bicyclic) bond motifs is 2. The Bertz CT molecular complexity index is 2890. The number of carbonyl (C=O) groups is 1. The van der Waals surface area contributed by atoms with Crippen molar-refractivity contribution in [3.63, 3.8) is 0 Å².